The van der Waals surface area contributed by atoms with Crippen molar-refractivity contribution in [3.8, 4) is 0 Å². The SMILES string of the molecule is O=C(C1=COCCC1)c1coc2ccccc12. The van der Waals surface area contributed by atoms with Crippen LogP contribution in [0.5, 0.6) is 0 Å². The molecule has 0 spiro atoms. The number of rotatable bonds is 2. The van der Waals surface area contributed by atoms with Crippen LogP contribution >= 0.6 is 0 Å². The lowest BCUT2D eigenvalue weighted by molar-refractivity contribution is 0.101. The first-order chi connectivity index (χ1) is 8.36. The molecular formula is C14H12O3. The molecule has 3 heteroatoms. The van der Waals surface area contributed by atoms with Crippen LogP contribution in [-0.2, 0) is 4.74 Å². The molecule has 3 nitrogen and oxygen atoms in total. The average Bonchev–Trinajstić information content (AvgIpc) is 2.83. The fraction of sp³-hybridized carbons (Fsp3) is 0.214. The third kappa shape index (κ3) is 1.73. The third-order valence-electron chi connectivity index (χ3n) is 2.95. The van der Waals surface area contributed by atoms with Gasteiger partial charge in [-0.05, 0) is 18.9 Å². The lowest BCUT2D eigenvalue weighted by Crippen LogP contribution is -2.08. The summed E-state index contributed by atoms with van der Waals surface area (Å²) in [5, 5.41) is 0.865. The normalized spacial score (nSPS) is 15.4. The van der Waals surface area contributed by atoms with Crippen molar-refractivity contribution in [1.29, 1.82) is 0 Å². The van der Waals surface area contributed by atoms with Crippen molar-refractivity contribution in [2.45, 2.75) is 12.8 Å². The van der Waals surface area contributed by atoms with Crippen LogP contribution in [-0.4, -0.2) is 12.4 Å². The summed E-state index contributed by atoms with van der Waals surface area (Å²) in [5.74, 6) is 0.00894. The van der Waals surface area contributed by atoms with E-state index in [-0.39, 0.29) is 5.78 Å². The smallest absolute Gasteiger partial charge is 0.195 e. The summed E-state index contributed by atoms with van der Waals surface area (Å²) in [6.07, 6.45) is 4.78. The fourth-order valence-electron chi connectivity index (χ4n) is 2.06. The van der Waals surface area contributed by atoms with Crippen molar-refractivity contribution in [2.75, 3.05) is 6.61 Å². The highest BCUT2D eigenvalue weighted by Gasteiger charge is 2.19. The molecule has 0 unspecified atom stereocenters. The van der Waals surface area contributed by atoms with Gasteiger partial charge in [0.2, 0.25) is 0 Å². The number of ketones is 1. The Kier molecular flexibility index (Phi) is 2.44. The van der Waals surface area contributed by atoms with Gasteiger partial charge in [-0.2, -0.15) is 0 Å². The zero-order valence-corrected chi connectivity index (χ0v) is 9.31. The number of allylic oxidation sites excluding steroid dienone is 1. The van der Waals surface area contributed by atoms with E-state index in [1.165, 1.54) is 6.26 Å². The molecular weight excluding hydrogens is 216 g/mol. The molecule has 0 bridgehead atoms. The third-order valence-corrected chi connectivity index (χ3v) is 2.95. The van der Waals surface area contributed by atoms with Crippen LogP contribution in [0.15, 0.2) is 46.8 Å². The van der Waals surface area contributed by atoms with E-state index in [4.69, 9.17) is 9.15 Å². The van der Waals surface area contributed by atoms with Crippen LogP contribution in [0.4, 0.5) is 0 Å². The van der Waals surface area contributed by atoms with Gasteiger partial charge in [0.1, 0.15) is 11.8 Å². The number of hydrogen-bond donors (Lipinski definition) is 0. The minimum absolute atomic E-state index is 0.00894. The topological polar surface area (TPSA) is 39.4 Å². The van der Waals surface area contributed by atoms with Crippen molar-refractivity contribution >= 4 is 16.8 Å². The second-order valence-electron chi connectivity index (χ2n) is 4.09. The number of hydrogen-bond acceptors (Lipinski definition) is 3. The van der Waals surface area contributed by atoms with E-state index in [2.05, 4.69) is 0 Å². The monoisotopic (exact) mass is 228 g/mol. The van der Waals surface area contributed by atoms with E-state index in [0.717, 1.165) is 29.4 Å². The fourth-order valence-corrected chi connectivity index (χ4v) is 2.06. The molecule has 1 aliphatic rings. The molecule has 0 atom stereocenters. The first-order valence-corrected chi connectivity index (χ1v) is 5.68. The number of furan rings is 1. The van der Waals surface area contributed by atoms with Gasteiger partial charge in [0.15, 0.2) is 5.78 Å². The van der Waals surface area contributed by atoms with Crippen molar-refractivity contribution in [3.63, 3.8) is 0 Å². The van der Waals surface area contributed by atoms with Crippen LogP contribution in [0.3, 0.4) is 0 Å². The van der Waals surface area contributed by atoms with Crippen LogP contribution in [0.2, 0.25) is 0 Å². The molecule has 1 aromatic heterocycles. The van der Waals surface area contributed by atoms with Gasteiger partial charge in [0.25, 0.3) is 0 Å². The van der Waals surface area contributed by atoms with E-state index >= 15 is 0 Å². The first-order valence-electron chi connectivity index (χ1n) is 5.68. The molecule has 0 amide bonds. The number of ether oxygens (including phenoxy) is 1. The zero-order chi connectivity index (χ0) is 11.7. The highest BCUT2D eigenvalue weighted by molar-refractivity contribution is 6.15. The molecule has 2 aromatic rings. The minimum atomic E-state index is 0.00894. The summed E-state index contributed by atoms with van der Waals surface area (Å²) < 4.78 is 10.6. The number of para-hydroxylation sites is 1. The first kappa shape index (κ1) is 10.1. The maximum Gasteiger partial charge on any atom is 0.195 e. The van der Waals surface area contributed by atoms with Crippen LogP contribution in [0.1, 0.15) is 23.2 Å². The zero-order valence-electron chi connectivity index (χ0n) is 9.31. The molecule has 2 heterocycles. The molecule has 1 aliphatic heterocycles. The Balaban J connectivity index is 2.03. The molecule has 0 fully saturated rings. The number of Topliss-reactive ketones (excluding diaryl/α,β-unsaturated/α-hetero) is 1. The van der Waals surface area contributed by atoms with Crippen molar-refractivity contribution in [2.24, 2.45) is 0 Å². The highest BCUT2D eigenvalue weighted by Crippen LogP contribution is 2.25. The predicted octanol–water partition coefficient (Wildman–Crippen LogP) is 3.31. The van der Waals surface area contributed by atoms with Gasteiger partial charge in [-0.3, -0.25) is 4.79 Å². The van der Waals surface area contributed by atoms with Gasteiger partial charge in [-0.25, -0.2) is 0 Å². The Morgan fingerprint density at radius 1 is 1.24 bits per heavy atom. The maximum atomic E-state index is 12.3. The van der Waals surface area contributed by atoms with E-state index in [1.54, 1.807) is 6.26 Å². The van der Waals surface area contributed by atoms with Crippen LogP contribution in [0, 0.1) is 0 Å². The number of benzene rings is 1. The summed E-state index contributed by atoms with van der Waals surface area (Å²) in [4.78, 5) is 12.3. The molecule has 0 N–H and O–H groups in total. The van der Waals surface area contributed by atoms with E-state index in [1.807, 2.05) is 24.3 Å². The van der Waals surface area contributed by atoms with Gasteiger partial charge in [-0.15, -0.1) is 0 Å². The Morgan fingerprint density at radius 2 is 2.12 bits per heavy atom. The molecule has 3 rings (SSSR count). The quantitative estimate of drug-likeness (QED) is 0.740. The lowest BCUT2D eigenvalue weighted by atomic mass is 9.99. The summed E-state index contributed by atoms with van der Waals surface area (Å²) in [6.45, 7) is 0.697. The molecule has 1 aromatic carbocycles. The molecule has 86 valence electrons. The van der Waals surface area contributed by atoms with Gasteiger partial charge in [0.05, 0.1) is 18.4 Å². The second kappa shape index (κ2) is 4.09. The molecule has 0 aliphatic carbocycles. The summed E-state index contributed by atoms with van der Waals surface area (Å²) >= 11 is 0. The van der Waals surface area contributed by atoms with Crippen molar-refractivity contribution < 1.29 is 13.9 Å². The molecule has 0 radical (unpaired) electrons. The largest absolute Gasteiger partial charge is 0.501 e. The Morgan fingerprint density at radius 3 is 2.94 bits per heavy atom. The molecule has 17 heavy (non-hydrogen) atoms. The predicted molar refractivity (Wildman–Crippen MR) is 63.8 cm³/mol. The Bertz CT molecular complexity index is 592. The van der Waals surface area contributed by atoms with Crippen molar-refractivity contribution in [1.82, 2.24) is 0 Å². The van der Waals surface area contributed by atoms with Gasteiger partial charge >= 0.3 is 0 Å². The summed E-state index contributed by atoms with van der Waals surface area (Å²) in [7, 11) is 0. The number of fused-ring (bicyclic) bond motifs is 1. The maximum absolute atomic E-state index is 12.3. The van der Waals surface area contributed by atoms with Gasteiger partial charge in [0, 0.05) is 11.0 Å². The van der Waals surface area contributed by atoms with Crippen LogP contribution < -0.4 is 0 Å². The Labute approximate surface area is 98.7 Å². The second-order valence-corrected chi connectivity index (χ2v) is 4.09. The molecule has 0 saturated carbocycles. The average molecular weight is 228 g/mol. The Hall–Kier alpha value is -2.03. The molecule has 0 saturated heterocycles. The van der Waals surface area contributed by atoms with Crippen LogP contribution in [0.25, 0.3) is 11.0 Å². The van der Waals surface area contributed by atoms with E-state index in [9.17, 15) is 4.79 Å². The van der Waals surface area contributed by atoms with E-state index in [0.29, 0.717) is 12.2 Å². The number of carbonyl (C=O) groups is 1. The minimum Gasteiger partial charge on any atom is -0.501 e. The van der Waals surface area contributed by atoms with Gasteiger partial charge < -0.3 is 9.15 Å². The van der Waals surface area contributed by atoms with Crippen molar-refractivity contribution in [3.05, 3.63) is 47.9 Å². The lowest BCUT2D eigenvalue weighted by Gasteiger charge is -2.11. The summed E-state index contributed by atoms with van der Waals surface area (Å²) in [6, 6.07) is 7.55. The standard InChI is InChI=1S/C14H12O3/c15-14(10-4-3-7-16-8-10)12-9-17-13-6-2-1-5-11(12)13/h1-2,5-6,8-9H,3-4,7H2. The highest BCUT2D eigenvalue weighted by atomic mass is 16.5. The van der Waals surface area contributed by atoms with Gasteiger partial charge in [-0.1, -0.05) is 18.2 Å². The summed E-state index contributed by atoms with van der Waals surface area (Å²) in [5.41, 5.74) is 2.09. The number of carbonyl (C=O) groups excluding carboxylic acids is 1. The van der Waals surface area contributed by atoms with E-state index < -0.39 is 0 Å².